The Kier molecular flexibility index (Phi) is 2.03. The minimum atomic E-state index is 0.502. The van der Waals surface area contributed by atoms with Crippen LogP contribution in [-0.2, 0) is 0 Å². The summed E-state index contributed by atoms with van der Waals surface area (Å²) in [6.45, 7) is 4.02. The Balaban J connectivity index is 2.29. The third-order valence-electron chi connectivity index (χ3n) is 3.96. The highest BCUT2D eigenvalue weighted by molar-refractivity contribution is 6.29. The summed E-state index contributed by atoms with van der Waals surface area (Å²) in [5.74, 6) is 0. The first-order chi connectivity index (χ1) is 9.70. The van der Waals surface area contributed by atoms with E-state index < -0.39 is 0 Å². The molecule has 0 bridgehead atoms. The van der Waals surface area contributed by atoms with Gasteiger partial charge in [-0.05, 0) is 37.1 Å². The van der Waals surface area contributed by atoms with Crippen molar-refractivity contribution in [2.75, 3.05) is 0 Å². The van der Waals surface area contributed by atoms with E-state index in [1.165, 1.54) is 0 Å². The number of benzene rings is 2. The molecule has 0 fully saturated rings. The molecule has 3 heteroatoms. The normalized spacial score (nSPS) is 14.1. The molecule has 2 aliphatic heterocycles. The van der Waals surface area contributed by atoms with Crippen molar-refractivity contribution in [2.45, 2.75) is 13.8 Å². The predicted octanol–water partition coefficient (Wildman–Crippen LogP) is 2.33. The lowest BCUT2D eigenvalue weighted by Crippen LogP contribution is -2.09. The molecule has 0 spiro atoms. The van der Waals surface area contributed by atoms with Gasteiger partial charge in [-0.3, -0.25) is 0 Å². The van der Waals surface area contributed by atoms with Gasteiger partial charge in [0.05, 0.1) is 16.7 Å². The maximum Gasteiger partial charge on any atom is 0.144 e. The van der Waals surface area contributed by atoms with Crippen molar-refractivity contribution >= 4 is 22.7 Å². The summed E-state index contributed by atoms with van der Waals surface area (Å²) in [5.41, 5.74) is 4.36. The summed E-state index contributed by atoms with van der Waals surface area (Å²) in [5, 5.41) is 13.5. The summed E-state index contributed by atoms with van der Waals surface area (Å²) in [6.07, 6.45) is 0. The Morgan fingerprint density at radius 1 is 1.00 bits per heavy atom. The van der Waals surface area contributed by atoms with Crippen molar-refractivity contribution in [3.63, 3.8) is 0 Å². The number of rotatable bonds is 0. The van der Waals surface area contributed by atoms with Gasteiger partial charge in [-0.15, -0.1) is 0 Å². The van der Waals surface area contributed by atoms with E-state index in [-0.39, 0.29) is 0 Å². The highest BCUT2D eigenvalue weighted by Gasteiger charge is 2.20. The lowest BCUT2D eigenvalue weighted by Gasteiger charge is -2.01. The molecule has 2 heterocycles. The lowest BCUT2D eigenvalue weighted by atomic mass is 10.0. The van der Waals surface area contributed by atoms with E-state index in [9.17, 15) is 5.26 Å². The fourth-order valence-corrected chi connectivity index (χ4v) is 3.03. The fourth-order valence-electron chi connectivity index (χ4n) is 3.03. The van der Waals surface area contributed by atoms with Crippen molar-refractivity contribution in [1.29, 1.82) is 5.26 Å². The van der Waals surface area contributed by atoms with E-state index in [2.05, 4.69) is 30.1 Å². The second kappa shape index (κ2) is 3.64. The van der Waals surface area contributed by atoms with Crippen LogP contribution < -0.4 is 10.6 Å². The van der Waals surface area contributed by atoms with E-state index in [0.29, 0.717) is 5.71 Å². The standard InChI is InChI=1S/C17H11N3/c1-9-7-12-11-5-3-4-6-13(11)19-16(12)17-15(9)10(2)14(8-18)20-17/h3-7H,1-2H3. The maximum atomic E-state index is 9.19. The van der Waals surface area contributed by atoms with Crippen LogP contribution in [0.15, 0.2) is 40.3 Å². The third kappa shape index (κ3) is 1.23. The second-order valence-electron chi connectivity index (χ2n) is 5.14. The van der Waals surface area contributed by atoms with Crippen LogP contribution in [0, 0.1) is 28.7 Å². The summed E-state index contributed by atoms with van der Waals surface area (Å²) >= 11 is 0. The van der Waals surface area contributed by atoms with Gasteiger partial charge in [0, 0.05) is 15.7 Å². The number of hydrogen-bond donors (Lipinski definition) is 0. The van der Waals surface area contributed by atoms with Crippen LogP contribution in [0.1, 0.15) is 12.5 Å². The molecule has 0 aromatic heterocycles. The topological polar surface area (TPSA) is 48.5 Å². The summed E-state index contributed by atoms with van der Waals surface area (Å²) in [7, 11) is 0. The number of hydrogen-bond acceptors (Lipinski definition) is 3. The first-order valence-electron chi connectivity index (χ1n) is 6.52. The van der Waals surface area contributed by atoms with E-state index in [4.69, 9.17) is 4.99 Å². The highest BCUT2D eigenvalue weighted by Crippen LogP contribution is 2.32. The molecule has 2 aromatic carbocycles. The first-order valence-corrected chi connectivity index (χ1v) is 6.52. The fraction of sp³-hybridized carbons (Fsp3) is 0.118. The molecule has 0 amide bonds. The number of fused-ring (bicyclic) bond motifs is 4. The van der Waals surface area contributed by atoms with Crippen molar-refractivity contribution in [3.05, 3.63) is 56.9 Å². The summed E-state index contributed by atoms with van der Waals surface area (Å²) in [6, 6.07) is 12.4. The molecule has 0 unspecified atom stereocenters. The lowest BCUT2D eigenvalue weighted by molar-refractivity contribution is 1.33. The van der Waals surface area contributed by atoms with Crippen molar-refractivity contribution in [1.82, 2.24) is 0 Å². The van der Waals surface area contributed by atoms with Gasteiger partial charge in [0.1, 0.15) is 11.8 Å². The van der Waals surface area contributed by atoms with E-state index in [1.807, 2.05) is 25.1 Å². The molecule has 0 radical (unpaired) electrons. The van der Waals surface area contributed by atoms with Crippen LogP contribution in [0.4, 0.5) is 11.4 Å². The molecule has 0 aliphatic carbocycles. The maximum absolute atomic E-state index is 9.19. The quantitative estimate of drug-likeness (QED) is 0.609. The average molecular weight is 257 g/mol. The monoisotopic (exact) mass is 257 g/mol. The Morgan fingerprint density at radius 2 is 1.80 bits per heavy atom. The highest BCUT2D eigenvalue weighted by atomic mass is 14.9. The number of aryl methyl sites for hydroxylation is 1. The third-order valence-corrected chi connectivity index (χ3v) is 3.96. The van der Waals surface area contributed by atoms with Gasteiger partial charge in [0.25, 0.3) is 0 Å². The van der Waals surface area contributed by atoms with E-state index in [1.54, 1.807) is 0 Å². The van der Waals surface area contributed by atoms with Crippen molar-refractivity contribution in [3.8, 4) is 6.07 Å². The van der Waals surface area contributed by atoms with Gasteiger partial charge in [-0.1, -0.05) is 18.2 Å². The van der Waals surface area contributed by atoms with Gasteiger partial charge in [-0.25, -0.2) is 9.98 Å². The van der Waals surface area contributed by atoms with E-state index in [0.717, 1.165) is 43.5 Å². The zero-order valence-corrected chi connectivity index (χ0v) is 11.2. The van der Waals surface area contributed by atoms with Crippen LogP contribution >= 0.6 is 0 Å². The molecular formula is C17H11N3. The average Bonchev–Trinajstić information content (AvgIpc) is 2.98. The van der Waals surface area contributed by atoms with Gasteiger partial charge < -0.3 is 0 Å². The molecule has 4 rings (SSSR count). The predicted molar refractivity (Wildman–Crippen MR) is 77.5 cm³/mol. The summed E-state index contributed by atoms with van der Waals surface area (Å²) in [4.78, 5) is 9.19. The Morgan fingerprint density at radius 3 is 2.60 bits per heavy atom. The Hall–Kier alpha value is -2.73. The van der Waals surface area contributed by atoms with Crippen LogP contribution in [0.2, 0.25) is 0 Å². The molecule has 3 nitrogen and oxygen atoms in total. The largest absolute Gasteiger partial charge is 0.245 e. The van der Waals surface area contributed by atoms with Crippen molar-refractivity contribution < 1.29 is 0 Å². The number of nitriles is 1. The van der Waals surface area contributed by atoms with Gasteiger partial charge in [0.2, 0.25) is 0 Å². The second-order valence-corrected chi connectivity index (χ2v) is 5.14. The van der Waals surface area contributed by atoms with Gasteiger partial charge in [0.15, 0.2) is 0 Å². The Bertz CT molecular complexity index is 1070. The zero-order chi connectivity index (χ0) is 13.9. The molecule has 2 aliphatic rings. The van der Waals surface area contributed by atoms with Crippen LogP contribution in [0.25, 0.3) is 5.57 Å². The van der Waals surface area contributed by atoms with Crippen LogP contribution in [-0.4, -0.2) is 5.71 Å². The molecule has 0 atom stereocenters. The van der Waals surface area contributed by atoms with Gasteiger partial charge >= 0.3 is 0 Å². The molecule has 0 saturated carbocycles. The minimum Gasteiger partial charge on any atom is -0.245 e. The first kappa shape index (κ1) is 11.1. The molecule has 0 saturated heterocycles. The molecular weight excluding hydrogens is 246 g/mol. The molecule has 20 heavy (non-hydrogen) atoms. The zero-order valence-electron chi connectivity index (χ0n) is 11.2. The van der Waals surface area contributed by atoms with Crippen LogP contribution in [0.5, 0.6) is 0 Å². The molecule has 94 valence electrons. The van der Waals surface area contributed by atoms with Crippen LogP contribution in [0.3, 0.4) is 0 Å². The number of nitrogens with zero attached hydrogens (tertiary/aromatic N) is 3. The van der Waals surface area contributed by atoms with E-state index >= 15 is 0 Å². The smallest absolute Gasteiger partial charge is 0.144 e. The van der Waals surface area contributed by atoms with Crippen molar-refractivity contribution in [2.24, 2.45) is 9.98 Å². The van der Waals surface area contributed by atoms with Gasteiger partial charge in [-0.2, -0.15) is 5.26 Å². The molecule has 0 N–H and O–H groups in total. The molecule has 2 aromatic rings. The SMILES string of the molecule is CC1=c2c(C)cc3c(c2N=C1C#N)N=c1ccccc1=3. The summed E-state index contributed by atoms with van der Waals surface area (Å²) < 4.78 is 0. The number of para-hydroxylation sites is 1. The minimum absolute atomic E-state index is 0.502. The Labute approximate surface area is 115 Å². The number of aliphatic imine (C=N–C) groups is 1.